The molecule has 2 fully saturated rings. The van der Waals surface area contributed by atoms with E-state index >= 15 is 0 Å². The first-order valence-corrected chi connectivity index (χ1v) is 8.11. The molecule has 2 aliphatic rings. The van der Waals surface area contributed by atoms with Gasteiger partial charge in [0.15, 0.2) is 0 Å². The SMILES string of the molecule is CC1CC(NC(=O)CC2CSCCN2)CCN1C. The van der Waals surface area contributed by atoms with Crippen LogP contribution in [0.25, 0.3) is 0 Å². The molecule has 2 N–H and O–H groups in total. The summed E-state index contributed by atoms with van der Waals surface area (Å²) in [5.41, 5.74) is 0. The van der Waals surface area contributed by atoms with Crippen molar-refractivity contribution in [1.29, 1.82) is 0 Å². The number of thioether (sulfide) groups is 1. The molecule has 5 heteroatoms. The van der Waals surface area contributed by atoms with E-state index in [0.717, 1.165) is 31.7 Å². The maximum atomic E-state index is 12.0. The summed E-state index contributed by atoms with van der Waals surface area (Å²) in [4.78, 5) is 14.4. The van der Waals surface area contributed by atoms with Gasteiger partial charge in [0.05, 0.1) is 0 Å². The van der Waals surface area contributed by atoms with Crippen LogP contribution in [0.15, 0.2) is 0 Å². The summed E-state index contributed by atoms with van der Waals surface area (Å²) >= 11 is 1.94. The van der Waals surface area contributed by atoms with Crippen LogP contribution in [0, 0.1) is 0 Å². The van der Waals surface area contributed by atoms with E-state index in [1.54, 1.807) is 0 Å². The van der Waals surface area contributed by atoms with Crippen molar-refractivity contribution in [3.8, 4) is 0 Å². The number of piperidine rings is 1. The van der Waals surface area contributed by atoms with Crippen LogP contribution in [-0.2, 0) is 4.79 Å². The molecule has 0 aromatic carbocycles. The molecule has 2 saturated heterocycles. The number of rotatable bonds is 3. The molecule has 3 unspecified atom stereocenters. The average molecular weight is 271 g/mol. The molecule has 2 heterocycles. The van der Waals surface area contributed by atoms with Crippen LogP contribution in [0.3, 0.4) is 0 Å². The van der Waals surface area contributed by atoms with Gasteiger partial charge >= 0.3 is 0 Å². The highest BCUT2D eigenvalue weighted by Crippen LogP contribution is 2.16. The van der Waals surface area contributed by atoms with Crippen molar-refractivity contribution < 1.29 is 4.79 Å². The number of carbonyl (C=O) groups excluding carboxylic acids is 1. The highest BCUT2D eigenvalue weighted by molar-refractivity contribution is 7.99. The zero-order valence-corrected chi connectivity index (χ0v) is 12.3. The number of likely N-dealkylation sites (tertiary alicyclic amines) is 1. The highest BCUT2D eigenvalue weighted by atomic mass is 32.2. The minimum atomic E-state index is 0.219. The third-order valence-electron chi connectivity index (χ3n) is 4.00. The molecule has 2 aliphatic heterocycles. The summed E-state index contributed by atoms with van der Waals surface area (Å²) in [7, 11) is 2.16. The molecule has 2 rings (SSSR count). The van der Waals surface area contributed by atoms with Gasteiger partial charge in [-0.15, -0.1) is 0 Å². The lowest BCUT2D eigenvalue weighted by Crippen LogP contribution is -2.49. The van der Waals surface area contributed by atoms with Crippen LogP contribution in [0.2, 0.25) is 0 Å². The Morgan fingerprint density at radius 2 is 2.39 bits per heavy atom. The normalized spacial score (nSPS) is 34.2. The molecule has 3 atom stereocenters. The van der Waals surface area contributed by atoms with E-state index in [0.29, 0.717) is 24.5 Å². The Bertz CT molecular complexity index is 281. The molecular formula is C13H25N3OS. The van der Waals surface area contributed by atoms with Crippen molar-refractivity contribution in [3.05, 3.63) is 0 Å². The van der Waals surface area contributed by atoms with Gasteiger partial charge in [-0.1, -0.05) is 0 Å². The number of hydrogen-bond donors (Lipinski definition) is 2. The summed E-state index contributed by atoms with van der Waals surface area (Å²) in [5.74, 6) is 2.46. The standard InChI is InChI=1S/C13H25N3OS/c1-10-7-11(3-5-16(10)2)15-13(17)8-12-9-18-6-4-14-12/h10-12,14H,3-9H2,1-2H3,(H,15,17). The lowest BCUT2D eigenvalue weighted by molar-refractivity contribution is -0.122. The van der Waals surface area contributed by atoms with E-state index in [1.165, 1.54) is 5.75 Å². The van der Waals surface area contributed by atoms with E-state index in [9.17, 15) is 4.79 Å². The van der Waals surface area contributed by atoms with E-state index in [2.05, 4.69) is 29.5 Å². The van der Waals surface area contributed by atoms with Gasteiger partial charge in [-0.3, -0.25) is 4.79 Å². The predicted molar refractivity (Wildman–Crippen MR) is 77.0 cm³/mol. The van der Waals surface area contributed by atoms with Gasteiger partial charge < -0.3 is 15.5 Å². The Hall–Kier alpha value is -0.260. The van der Waals surface area contributed by atoms with Gasteiger partial charge in [-0.25, -0.2) is 0 Å². The molecular weight excluding hydrogens is 246 g/mol. The minimum Gasteiger partial charge on any atom is -0.353 e. The third-order valence-corrected chi connectivity index (χ3v) is 5.13. The Balaban J connectivity index is 1.70. The molecule has 104 valence electrons. The lowest BCUT2D eigenvalue weighted by atomic mass is 9.98. The van der Waals surface area contributed by atoms with Crippen LogP contribution in [-0.4, -0.2) is 60.6 Å². The van der Waals surface area contributed by atoms with Crippen LogP contribution in [0.5, 0.6) is 0 Å². The molecule has 0 radical (unpaired) electrons. The van der Waals surface area contributed by atoms with Crippen molar-refractivity contribution >= 4 is 17.7 Å². The average Bonchev–Trinajstić information content (AvgIpc) is 2.35. The zero-order chi connectivity index (χ0) is 13.0. The second-order valence-corrected chi connectivity index (χ2v) is 6.70. The van der Waals surface area contributed by atoms with Crippen molar-refractivity contribution in [2.24, 2.45) is 0 Å². The van der Waals surface area contributed by atoms with Gasteiger partial charge in [0.25, 0.3) is 0 Å². The molecule has 0 aliphatic carbocycles. The maximum Gasteiger partial charge on any atom is 0.221 e. The first kappa shape index (κ1) is 14.2. The largest absolute Gasteiger partial charge is 0.353 e. The summed E-state index contributed by atoms with van der Waals surface area (Å²) in [5, 5.41) is 6.62. The third kappa shape index (κ3) is 4.14. The quantitative estimate of drug-likeness (QED) is 0.792. The van der Waals surface area contributed by atoms with E-state index in [-0.39, 0.29) is 5.91 Å². The van der Waals surface area contributed by atoms with E-state index in [4.69, 9.17) is 0 Å². The van der Waals surface area contributed by atoms with Crippen LogP contribution in [0.4, 0.5) is 0 Å². The molecule has 0 aromatic heterocycles. The maximum absolute atomic E-state index is 12.0. The molecule has 0 saturated carbocycles. The molecule has 18 heavy (non-hydrogen) atoms. The number of hydrogen-bond acceptors (Lipinski definition) is 4. The second kappa shape index (κ2) is 6.78. The van der Waals surface area contributed by atoms with Gasteiger partial charge in [0.1, 0.15) is 0 Å². The van der Waals surface area contributed by atoms with Crippen LogP contribution < -0.4 is 10.6 Å². The number of carbonyl (C=O) groups is 1. The van der Waals surface area contributed by atoms with Crippen molar-refractivity contribution in [1.82, 2.24) is 15.5 Å². The van der Waals surface area contributed by atoms with E-state index in [1.807, 2.05) is 11.8 Å². The first-order valence-electron chi connectivity index (χ1n) is 6.96. The number of amides is 1. The van der Waals surface area contributed by atoms with Crippen molar-refractivity contribution in [2.75, 3.05) is 31.6 Å². The summed E-state index contributed by atoms with van der Waals surface area (Å²) < 4.78 is 0. The fraction of sp³-hybridized carbons (Fsp3) is 0.923. The molecule has 0 aromatic rings. The van der Waals surface area contributed by atoms with Crippen molar-refractivity contribution in [3.63, 3.8) is 0 Å². The summed E-state index contributed by atoms with van der Waals surface area (Å²) in [6, 6.07) is 1.32. The fourth-order valence-electron chi connectivity index (χ4n) is 2.68. The van der Waals surface area contributed by atoms with Gasteiger partial charge in [-0.05, 0) is 26.8 Å². The van der Waals surface area contributed by atoms with Gasteiger partial charge in [0, 0.05) is 49.1 Å². The summed E-state index contributed by atoms with van der Waals surface area (Å²) in [6.07, 6.45) is 2.79. The van der Waals surface area contributed by atoms with Gasteiger partial charge in [0.2, 0.25) is 5.91 Å². The molecule has 0 spiro atoms. The number of nitrogens with zero attached hydrogens (tertiary/aromatic N) is 1. The smallest absolute Gasteiger partial charge is 0.221 e. The van der Waals surface area contributed by atoms with Gasteiger partial charge in [-0.2, -0.15) is 11.8 Å². The Morgan fingerprint density at radius 3 is 3.06 bits per heavy atom. The minimum absolute atomic E-state index is 0.219. The Morgan fingerprint density at radius 1 is 1.56 bits per heavy atom. The molecule has 1 amide bonds. The topological polar surface area (TPSA) is 44.4 Å². The summed E-state index contributed by atoms with van der Waals surface area (Å²) in [6.45, 7) is 4.36. The zero-order valence-electron chi connectivity index (χ0n) is 11.4. The predicted octanol–water partition coefficient (Wildman–Crippen LogP) is 0.680. The second-order valence-electron chi connectivity index (χ2n) is 5.55. The Kier molecular flexibility index (Phi) is 5.33. The van der Waals surface area contributed by atoms with Crippen LogP contribution in [0.1, 0.15) is 26.2 Å². The first-order chi connectivity index (χ1) is 8.65. The van der Waals surface area contributed by atoms with Crippen molar-refractivity contribution in [2.45, 2.75) is 44.3 Å². The van der Waals surface area contributed by atoms with Crippen LogP contribution >= 0.6 is 11.8 Å². The highest BCUT2D eigenvalue weighted by Gasteiger charge is 2.25. The molecule has 4 nitrogen and oxygen atoms in total. The monoisotopic (exact) mass is 271 g/mol. The fourth-order valence-corrected chi connectivity index (χ4v) is 3.63. The Labute approximate surface area is 114 Å². The number of nitrogens with one attached hydrogen (secondary N) is 2. The van der Waals surface area contributed by atoms with E-state index < -0.39 is 0 Å². The molecule has 0 bridgehead atoms. The lowest BCUT2D eigenvalue weighted by Gasteiger charge is -2.35.